The molecular formula is C19H34N4O7. The molecule has 1 rings (SSSR count). The van der Waals surface area contributed by atoms with Crippen LogP contribution >= 0.6 is 0 Å². The van der Waals surface area contributed by atoms with Crippen LogP contribution in [-0.4, -0.2) is 137 Å². The maximum absolute atomic E-state index is 11.8. The zero-order valence-electron chi connectivity index (χ0n) is 17.6. The van der Waals surface area contributed by atoms with E-state index in [0.29, 0.717) is 65.2 Å². The normalized spacial score (nSPS) is 20.0. The third-order valence-corrected chi connectivity index (χ3v) is 5.21. The summed E-state index contributed by atoms with van der Waals surface area (Å²) >= 11 is 0. The van der Waals surface area contributed by atoms with Gasteiger partial charge in [-0.1, -0.05) is 13.3 Å². The number of hydrogen-bond acceptors (Lipinski definition) is 8. The van der Waals surface area contributed by atoms with Gasteiger partial charge in [-0.2, -0.15) is 0 Å². The van der Waals surface area contributed by atoms with Crippen LogP contribution in [0, 0.1) is 0 Å². The molecule has 0 aromatic carbocycles. The lowest BCUT2D eigenvalue weighted by Gasteiger charge is -2.35. The van der Waals surface area contributed by atoms with Crippen molar-refractivity contribution in [1.29, 1.82) is 0 Å². The van der Waals surface area contributed by atoms with Crippen LogP contribution in [0.4, 0.5) is 0 Å². The summed E-state index contributed by atoms with van der Waals surface area (Å²) in [7, 11) is 0. The monoisotopic (exact) mass is 430 g/mol. The van der Waals surface area contributed by atoms with Crippen molar-refractivity contribution in [2.24, 2.45) is 0 Å². The molecule has 1 heterocycles. The fraction of sp³-hybridized carbons (Fsp3) is 0.789. The molecule has 3 N–H and O–H groups in total. The van der Waals surface area contributed by atoms with Crippen LogP contribution in [0.15, 0.2) is 0 Å². The Bertz CT molecular complexity index is 575. The highest BCUT2D eigenvalue weighted by atomic mass is 16.4. The van der Waals surface area contributed by atoms with Gasteiger partial charge in [0.1, 0.15) is 12.3 Å². The van der Waals surface area contributed by atoms with Crippen LogP contribution in [-0.2, 0) is 19.2 Å². The second-order valence-corrected chi connectivity index (χ2v) is 7.49. The summed E-state index contributed by atoms with van der Waals surface area (Å²) in [6, 6.07) is -0.675. The summed E-state index contributed by atoms with van der Waals surface area (Å²) in [5.74, 6) is -2.87. The van der Waals surface area contributed by atoms with Gasteiger partial charge in [0.05, 0.1) is 19.6 Å². The van der Waals surface area contributed by atoms with Crippen LogP contribution in [0.25, 0.3) is 0 Å². The molecule has 0 unspecified atom stereocenters. The van der Waals surface area contributed by atoms with E-state index in [2.05, 4.69) is 0 Å². The fourth-order valence-electron chi connectivity index (χ4n) is 3.59. The SMILES string of the molecule is CCC[C@H](C(=O)O)N1CCN(CC=O)CCN(CC(=O)O)CCN(CC(=O)O)CC1. The van der Waals surface area contributed by atoms with Crippen LogP contribution in [0.1, 0.15) is 19.8 Å². The number of hydrogen-bond donors (Lipinski definition) is 3. The van der Waals surface area contributed by atoms with Crippen LogP contribution in [0.2, 0.25) is 0 Å². The summed E-state index contributed by atoms with van der Waals surface area (Å²) in [5, 5.41) is 28.0. The lowest BCUT2D eigenvalue weighted by Crippen LogP contribution is -2.51. The molecule has 0 amide bonds. The molecule has 0 bridgehead atoms. The summed E-state index contributed by atoms with van der Waals surface area (Å²) in [6.07, 6.45) is 1.97. The highest BCUT2D eigenvalue weighted by molar-refractivity contribution is 5.73. The van der Waals surface area contributed by atoms with Crippen molar-refractivity contribution in [2.75, 3.05) is 72.0 Å². The Morgan fingerprint density at radius 3 is 1.63 bits per heavy atom. The second-order valence-electron chi connectivity index (χ2n) is 7.49. The summed E-state index contributed by atoms with van der Waals surface area (Å²) in [6.45, 7) is 4.95. The summed E-state index contributed by atoms with van der Waals surface area (Å²) < 4.78 is 0. The minimum Gasteiger partial charge on any atom is -0.480 e. The van der Waals surface area contributed by atoms with Gasteiger partial charge in [0, 0.05) is 52.4 Å². The molecule has 11 heteroatoms. The lowest BCUT2D eigenvalue weighted by molar-refractivity contribution is -0.144. The Kier molecular flexibility index (Phi) is 12.1. The molecule has 1 aliphatic heterocycles. The fourth-order valence-corrected chi connectivity index (χ4v) is 3.59. The zero-order chi connectivity index (χ0) is 22.5. The van der Waals surface area contributed by atoms with Crippen molar-refractivity contribution in [3.8, 4) is 0 Å². The van der Waals surface area contributed by atoms with E-state index in [9.17, 15) is 29.4 Å². The quantitative estimate of drug-likeness (QED) is 0.361. The first-order valence-electron chi connectivity index (χ1n) is 10.3. The highest BCUT2D eigenvalue weighted by Crippen LogP contribution is 2.10. The van der Waals surface area contributed by atoms with Gasteiger partial charge in [0.2, 0.25) is 0 Å². The van der Waals surface area contributed by atoms with E-state index in [1.807, 2.05) is 16.7 Å². The van der Waals surface area contributed by atoms with Gasteiger partial charge in [0.15, 0.2) is 0 Å². The van der Waals surface area contributed by atoms with E-state index >= 15 is 0 Å². The van der Waals surface area contributed by atoms with E-state index in [1.165, 1.54) is 0 Å². The molecule has 0 radical (unpaired) electrons. The lowest BCUT2D eigenvalue weighted by atomic mass is 10.1. The molecule has 11 nitrogen and oxygen atoms in total. The first-order valence-corrected chi connectivity index (χ1v) is 10.3. The van der Waals surface area contributed by atoms with Crippen molar-refractivity contribution in [2.45, 2.75) is 25.8 Å². The first kappa shape index (κ1) is 26.0. The van der Waals surface area contributed by atoms with Crippen molar-refractivity contribution in [3.05, 3.63) is 0 Å². The zero-order valence-corrected chi connectivity index (χ0v) is 17.6. The molecule has 1 aliphatic rings. The number of carbonyl (C=O) groups is 4. The van der Waals surface area contributed by atoms with Gasteiger partial charge in [-0.15, -0.1) is 0 Å². The Morgan fingerprint density at radius 2 is 1.23 bits per heavy atom. The van der Waals surface area contributed by atoms with Crippen molar-refractivity contribution in [3.63, 3.8) is 0 Å². The van der Waals surface area contributed by atoms with Gasteiger partial charge in [-0.25, -0.2) is 0 Å². The predicted molar refractivity (Wildman–Crippen MR) is 109 cm³/mol. The smallest absolute Gasteiger partial charge is 0.320 e. The van der Waals surface area contributed by atoms with Gasteiger partial charge >= 0.3 is 17.9 Å². The van der Waals surface area contributed by atoms with E-state index < -0.39 is 23.9 Å². The largest absolute Gasteiger partial charge is 0.480 e. The molecule has 0 aliphatic carbocycles. The molecule has 1 atom stereocenters. The highest BCUT2D eigenvalue weighted by Gasteiger charge is 2.26. The average molecular weight is 431 g/mol. The molecule has 0 spiro atoms. The maximum Gasteiger partial charge on any atom is 0.320 e. The van der Waals surface area contributed by atoms with Gasteiger partial charge in [0.25, 0.3) is 0 Å². The number of nitrogens with zero attached hydrogens (tertiary/aromatic N) is 4. The molecule has 172 valence electrons. The van der Waals surface area contributed by atoms with E-state index in [-0.39, 0.29) is 19.6 Å². The van der Waals surface area contributed by atoms with Crippen LogP contribution in [0.3, 0.4) is 0 Å². The minimum absolute atomic E-state index is 0.167. The van der Waals surface area contributed by atoms with Crippen molar-refractivity contribution < 1.29 is 34.5 Å². The number of rotatable bonds is 10. The number of carbonyl (C=O) groups excluding carboxylic acids is 1. The Balaban J connectivity index is 3.02. The van der Waals surface area contributed by atoms with Gasteiger partial charge in [-0.05, 0) is 6.42 Å². The molecule has 30 heavy (non-hydrogen) atoms. The molecule has 1 fully saturated rings. The Hall–Kier alpha value is -2.08. The van der Waals surface area contributed by atoms with E-state index in [4.69, 9.17) is 5.11 Å². The first-order chi connectivity index (χ1) is 14.3. The number of carboxylic acids is 3. The number of aliphatic carboxylic acids is 3. The predicted octanol–water partition coefficient (Wildman–Crippen LogP) is -1.17. The number of aldehydes is 1. The third-order valence-electron chi connectivity index (χ3n) is 5.21. The Morgan fingerprint density at radius 1 is 0.800 bits per heavy atom. The molecule has 0 saturated carbocycles. The number of carboxylic acid groups (broad SMARTS) is 3. The van der Waals surface area contributed by atoms with Crippen LogP contribution in [0.5, 0.6) is 0 Å². The van der Waals surface area contributed by atoms with Crippen molar-refractivity contribution >= 4 is 24.2 Å². The van der Waals surface area contributed by atoms with Gasteiger partial charge < -0.3 is 20.1 Å². The Labute approximate surface area is 176 Å². The molecule has 0 aromatic heterocycles. The summed E-state index contributed by atoms with van der Waals surface area (Å²) in [5.41, 5.74) is 0. The third kappa shape index (κ3) is 10.1. The van der Waals surface area contributed by atoms with Crippen LogP contribution < -0.4 is 0 Å². The minimum atomic E-state index is -0.987. The topological polar surface area (TPSA) is 142 Å². The molecule has 1 saturated heterocycles. The van der Waals surface area contributed by atoms with Gasteiger partial charge in [-0.3, -0.25) is 34.0 Å². The standard InChI is InChI=1S/C19H34N4O7/c1-2-3-16(19(29)30)23-10-8-20(12-13-24)4-5-21(14-17(25)26)6-7-22(9-11-23)15-18(27)28/h13,16H,2-12,14-15H2,1H3,(H,25,26)(H,27,28)(H,29,30)/t16-/m1/s1. The maximum atomic E-state index is 11.8. The second kappa shape index (κ2) is 14.0. The molecule has 0 aromatic rings. The van der Waals surface area contributed by atoms with E-state index in [1.54, 1.807) is 9.80 Å². The molecular weight excluding hydrogens is 396 g/mol. The average Bonchev–Trinajstić information content (AvgIpc) is 2.65. The van der Waals surface area contributed by atoms with Crippen molar-refractivity contribution in [1.82, 2.24) is 19.6 Å². The summed E-state index contributed by atoms with van der Waals surface area (Å²) in [4.78, 5) is 52.4. The van der Waals surface area contributed by atoms with E-state index in [0.717, 1.165) is 6.29 Å².